The first-order chi connectivity index (χ1) is 9.38. The minimum absolute atomic E-state index is 0.0700. The van der Waals surface area contributed by atoms with Crippen molar-refractivity contribution >= 4 is 24.9 Å². The predicted molar refractivity (Wildman–Crippen MR) is 80.9 cm³/mol. The summed E-state index contributed by atoms with van der Waals surface area (Å²) in [6, 6.07) is 7.01. The van der Waals surface area contributed by atoms with Gasteiger partial charge in [-0.15, -0.1) is 0 Å². The summed E-state index contributed by atoms with van der Waals surface area (Å²) in [5.74, 6) is 0.462. The van der Waals surface area contributed by atoms with E-state index in [9.17, 15) is 4.79 Å². The Morgan fingerprint density at radius 3 is 2.45 bits per heavy atom. The number of anilines is 1. The zero-order valence-electron chi connectivity index (χ0n) is 11.8. The van der Waals surface area contributed by atoms with Gasteiger partial charge in [-0.1, -0.05) is 38.4 Å². The summed E-state index contributed by atoms with van der Waals surface area (Å²) in [6.45, 7) is 5.58. The van der Waals surface area contributed by atoms with Gasteiger partial charge < -0.3 is 5.32 Å². The molecule has 5 heteroatoms. The van der Waals surface area contributed by atoms with Crippen molar-refractivity contribution in [2.24, 2.45) is 5.41 Å². The van der Waals surface area contributed by atoms with E-state index in [-0.39, 0.29) is 5.91 Å². The van der Waals surface area contributed by atoms with E-state index in [1.165, 1.54) is 0 Å². The van der Waals surface area contributed by atoms with Gasteiger partial charge in [-0.3, -0.25) is 4.79 Å². The highest BCUT2D eigenvalue weighted by Crippen LogP contribution is 2.25. The maximum absolute atomic E-state index is 12.1. The molecule has 1 aromatic heterocycles. The lowest BCUT2D eigenvalue weighted by Crippen LogP contribution is -2.28. The van der Waals surface area contributed by atoms with Crippen molar-refractivity contribution < 1.29 is 4.79 Å². The molecule has 1 amide bonds. The number of hydrogen-bond donors (Lipinski definition) is 1. The number of hydrogen-bond acceptors (Lipinski definition) is 3. The van der Waals surface area contributed by atoms with E-state index in [0.717, 1.165) is 0 Å². The molecule has 1 aromatic carbocycles. The van der Waals surface area contributed by atoms with Gasteiger partial charge in [-0.05, 0) is 12.1 Å². The van der Waals surface area contributed by atoms with Gasteiger partial charge in [0, 0.05) is 23.4 Å². The molecular weight excluding hydrogens is 249 g/mol. The maximum atomic E-state index is 12.1. The average Bonchev–Trinajstić information content (AvgIpc) is 2.40. The zero-order valence-corrected chi connectivity index (χ0v) is 11.8. The van der Waals surface area contributed by atoms with Crippen LogP contribution in [0.3, 0.4) is 0 Å². The first-order valence-electron chi connectivity index (χ1n) is 6.36. The summed E-state index contributed by atoms with van der Waals surface area (Å²) >= 11 is 0. The molecule has 1 N–H and O–H groups in total. The summed E-state index contributed by atoms with van der Waals surface area (Å²) in [7, 11) is 5.81. The maximum Gasteiger partial charge on any atom is 0.229 e. The van der Waals surface area contributed by atoms with Crippen molar-refractivity contribution in [2.75, 3.05) is 5.32 Å². The summed E-state index contributed by atoms with van der Waals surface area (Å²) < 4.78 is 0. The Bertz CT molecular complexity index is 621. The highest BCUT2D eigenvalue weighted by atomic mass is 16.2. The number of carbonyl (C=O) groups excluding carboxylic acids is 1. The minimum atomic E-state index is -0.476. The fraction of sp³-hybridized carbons (Fsp3) is 0.267. The Labute approximate surface area is 120 Å². The zero-order chi connectivity index (χ0) is 14.8. The van der Waals surface area contributed by atoms with Crippen LogP contribution in [0.4, 0.5) is 5.69 Å². The van der Waals surface area contributed by atoms with Gasteiger partial charge in [-0.2, -0.15) is 0 Å². The van der Waals surface area contributed by atoms with Gasteiger partial charge >= 0.3 is 0 Å². The summed E-state index contributed by atoms with van der Waals surface area (Å²) in [5, 5.41) is 2.90. The quantitative estimate of drug-likeness (QED) is 0.844. The van der Waals surface area contributed by atoms with E-state index in [1.807, 2.05) is 20.8 Å². The van der Waals surface area contributed by atoms with Gasteiger partial charge in [0.15, 0.2) is 5.82 Å². The van der Waals surface area contributed by atoms with Crippen LogP contribution in [-0.4, -0.2) is 23.7 Å². The van der Waals surface area contributed by atoms with Crippen molar-refractivity contribution in [2.45, 2.75) is 20.8 Å². The third kappa shape index (κ3) is 3.23. The average molecular weight is 265 g/mol. The van der Waals surface area contributed by atoms with Crippen LogP contribution in [0.15, 0.2) is 36.7 Å². The third-order valence-electron chi connectivity index (χ3n) is 2.78. The Hall–Kier alpha value is -2.17. The molecular formula is C15H16BN3O. The lowest BCUT2D eigenvalue weighted by atomic mass is 9.92. The van der Waals surface area contributed by atoms with Gasteiger partial charge in [0.05, 0.1) is 5.69 Å². The number of carbonyl (C=O) groups is 1. The Morgan fingerprint density at radius 2 is 1.85 bits per heavy atom. The molecule has 0 unspecified atom stereocenters. The molecule has 20 heavy (non-hydrogen) atoms. The Balaban J connectivity index is 2.42. The molecule has 2 radical (unpaired) electrons. The predicted octanol–water partition coefficient (Wildman–Crippen LogP) is 1.92. The molecule has 0 aliphatic rings. The fourth-order valence-corrected chi connectivity index (χ4v) is 1.60. The second-order valence-electron chi connectivity index (χ2n) is 5.58. The van der Waals surface area contributed by atoms with E-state index in [1.54, 1.807) is 36.7 Å². The second-order valence-corrected chi connectivity index (χ2v) is 5.58. The van der Waals surface area contributed by atoms with Crippen LogP contribution in [0.25, 0.3) is 11.4 Å². The SMILES string of the molecule is [B]c1ccc(NC(=O)C(C)(C)C)c(-c2ncccn2)c1. The minimum Gasteiger partial charge on any atom is -0.325 e. The number of amides is 1. The number of nitrogens with one attached hydrogen (secondary N) is 1. The number of rotatable bonds is 2. The summed E-state index contributed by atoms with van der Waals surface area (Å²) in [4.78, 5) is 20.5. The molecule has 0 aliphatic carbocycles. The Kier molecular flexibility index (Phi) is 3.88. The largest absolute Gasteiger partial charge is 0.325 e. The lowest BCUT2D eigenvalue weighted by Gasteiger charge is -2.19. The molecule has 2 rings (SSSR count). The highest BCUT2D eigenvalue weighted by Gasteiger charge is 2.22. The summed E-state index contributed by atoms with van der Waals surface area (Å²) in [5.41, 5.74) is 1.49. The molecule has 0 bridgehead atoms. The van der Waals surface area contributed by atoms with Crippen molar-refractivity contribution in [3.63, 3.8) is 0 Å². The number of benzene rings is 1. The van der Waals surface area contributed by atoms with Gasteiger partial charge in [0.2, 0.25) is 5.91 Å². The normalized spacial score (nSPS) is 11.2. The first kappa shape index (κ1) is 14.2. The van der Waals surface area contributed by atoms with Crippen LogP contribution in [0.2, 0.25) is 0 Å². The van der Waals surface area contributed by atoms with Crippen LogP contribution < -0.4 is 10.8 Å². The van der Waals surface area contributed by atoms with Crippen LogP contribution in [0.1, 0.15) is 20.8 Å². The van der Waals surface area contributed by atoms with E-state index in [0.29, 0.717) is 22.5 Å². The standard InChI is InChI=1S/C15H16BN3O/c1-15(2,3)14(20)19-12-6-5-10(16)9-11(12)13-17-7-4-8-18-13/h4-9H,1-3H3,(H,19,20). The molecule has 0 spiro atoms. The first-order valence-corrected chi connectivity index (χ1v) is 6.36. The monoisotopic (exact) mass is 265 g/mol. The van der Waals surface area contributed by atoms with E-state index >= 15 is 0 Å². The van der Waals surface area contributed by atoms with Crippen molar-refractivity contribution in [1.29, 1.82) is 0 Å². The molecule has 0 saturated carbocycles. The summed E-state index contributed by atoms with van der Waals surface area (Å²) in [6.07, 6.45) is 3.31. The van der Waals surface area contributed by atoms with Crippen LogP contribution in [-0.2, 0) is 4.79 Å². The van der Waals surface area contributed by atoms with Gasteiger partial charge in [-0.25, -0.2) is 9.97 Å². The third-order valence-corrected chi connectivity index (χ3v) is 2.78. The Morgan fingerprint density at radius 1 is 1.20 bits per heavy atom. The van der Waals surface area contributed by atoms with E-state index < -0.39 is 5.41 Å². The lowest BCUT2D eigenvalue weighted by molar-refractivity contribution is -0.123. The highest BCUT2D eigenvalue weighted by molar-refractivity contribution is 6.32. The molecule has 0 saturated heterocycles. The molecule has 0 atom stereocenters. The van der Waals surface area contributed by atoms with E-state index in [4.69, 9.17) is 7.85 Å². The second kappa shape index (κ2) is 5.45. The molecule has 2 aromatic rings. The number of aromatic nitrogens is 2. The van der Waals surface area contributed by atoms with Crippen molar-refractivity contribution in [1.82, 2.24) is 9.97 Å². The van der Waals surface area contributed by atoms with Crippen molar-refractivity contribution in [3.8, 4) is 11.4 Å². The smallest absolute Gasteiger partial charge is 0.229 e. The van der Waals surface area contributed by atoms with Crippen LogP contribution in [0, 0.1) is 5.41 Å². The van der Waals surface area contributed by atoms with Crippen molar-refractivity contribution in [3.05, 3.63) is 36.7 Å². The van der Waals surface area contributed by atoms with Gasteiger partial charge in [0.25, 0.3) is 0 Å². The van der Waals surface area contributed by atoms with Crippen LogP contribution >= 0.6 is 0 Å². The molecule has 0 aliphatic heterocycles. The molecule has 4 nitrogen and oxygen atoms in total. The molecule has 0 fully saturated rings. The topological polar surface area (TPSA) is 54.9 Å². The van der Waals surface area contributed by atoms with E-state index in [2.05, 4.69) is 15.3 Å². The molecule has 1 heterocycles. The molecule has 100 valence electrons. The number of nitrogens with zero attached hydrogens (tertiary/aromatic N) is 2. The van der Waals surface area contributed by atoms with Crippen LogP contribution in [0.5, 0.6) is 0 Å². The fourth-order valence-electron chi connectivity index (χ4n) is 1.60. The van der Waals surface area contributed by atoms with Gasteiger partial charge in [0.1, 0.15) is 7.85 Å².